The smallest absolute Gasteiger partial charge is 0.404 e. The van der Waals surface area contributed by atoms with Gasteiger partial charge >= 0.3 is 6.09 Å². The number of carbonyl (C=O) groups excluding carboxylic acids is 1. The average Bonchev–Trinajstić information content (AvgIpc) is 3.79. The van der Waals surface area contributed by atoms with Crippen LogP contribution >= 0.6 is 0 Å². The number of nitrogens with zero attached hydrogens (tertiary/aromatic N) is 4. The summed E-state index contributed by atoms with van der Waals surface area (Å²) >= 11 is 0. The molecule has 6 rings (SSSR count). The molecule has 2 amide bonds. The van der Waals surface area contributed by atoms with E-state index in [9.17, 15) is 9.59 Å². The zero-order valence-electron chi connectivity index (χ0n) is 26.4. The zero-order chi connectivity index (χ0) is 31.3. The fourth-order valence-electron chi connectivity index (χ4n) is 7.17. The molecule has 240 valence electrons. The van der Waals surface area contributed by atoms with Crippen LogP contribution in [0.1, 0.15) is 99.7 Å². The number of pyridine rings is 2. The van der Waals surface area contributed by atoms with Gasteiger partial charge in [0.1, 0.15) is 23.5 Å². The summed E-state index contributed by atoms with van der Waals surface area (Å²) in [5.74, 6) is 4.04. The predicted octanol–water partition coefficient (Wildman–Crippen LogP) is 7.10. The van der Waals surface area contributed by atoms with Crippen LogP contribution in [-0.2, 0) is 4.79 Å². The third-order valence-corrected chi connectivity index (χ3v) is 10.0. The van der Waals surface area contributed by atoms with Gasteiger partial charge in [0.25, 0.3) is 0 Å². The minimum atomic E-state index is -0.983. The quantitative estimate of drug-likeness (QED) is 0.234. The molecule has 2 N–H and O–H groups in total. The Bertz CT molecular complexity index is 1470. The third kappa shape index (κ3) is 7.65. The molecule has 3 aliphatic rings. The lowest BCUT2D eigenvalue weighted by molar-refractivity contribution is -0.123. The van der Waals surface area contributed by atoms with E-state index in [0.717, 1.165) is 105 Å². The highest BCUT2D eigenvalue weighted by Gasteiger charge is 2.34. The summed E-state index contributed by atoms with van der Waals surface area (Å²) < 4.78 is 11.2. The van der Waals surface area contributed by atoms with E-state index >= 15 is 0 Å². The maximum atomic E-state index is 14.3. The van der Waals surface area contributed by atoms with Crippen LogP contribution in [0.4, 0.5) is 10.6 Å². The number of carbonyl (C=O) groups is 2. The maximum Gasteiger partial charge on any atom is 0.404 e. The number of nitrogens with one attached hydrogen (secondary N) is 1. The molecule has 0 unspecified atom stereocenters. The monoisotopic (exact) mass is 615 g/mol. The lowest BCUT2D eigenvalue weighted by Crippen LogP contribution is -2.42. The number of carboxylic acid groups (broad SMARTS) is 1. The van der Waals surface area contributed by atoms with Gasteiger partial charge in [-0.15, -0.1) is 0 Å². The molecule has 10 nitrogen and oxygen atoms in total. The van der Waals surface area contributed by atoms with E-state index in [1.54, 1.807) is 19.6 Å². The first-order valence-corrected chi connectivity index (χ1v) is 16.6. The van der Waals surface area contributed by atoms with Crippen molar-refractivity contribution in [2.24, 2.45) is 17.8 Å². The van der Waals surface area contributed by atoms with Gasteiger partial charge < -0.3 is 19.6 Å². The number of rotatable bonds is 11. The lowest BCUT2D eigenvalue weighted by Gasteiger charge is -2.35. The summed E-state index contributed by atoms with van der Waals surface area (Å²) in [6.45, 7) is 3.09. The molecule has 10 heteroatoms. The topological polar surface area (TPSA) is 131 Å². The second kappa shape index (κ2) is 14.0. The molecular formula is C35H45N5O5. The van der Waals surface area contributed by atoms with Crippen molar-refractivity contribution in [1.29, 1.82) is 0 Å². The predicted molar refractivity (Wildman–Crippen MR) is 170 cm³/mol. The van der Waals surface area contributed by atoms with Gasteiger partial charge in [-0.05, 0) is 114 Å². The average molecular weight is 616 g/mol. The minimum Gasteiger partial charge on any atom is -0.495 e. The molecular weight excluding hydrogens is 570 g/mol. The SMILES string of the molecule is COc1ccc([C@H]2CC[C@H](CN(c3cc(-c4coc(C5CC5)n4)ccn3)C(=O)[C@H]3CC[C@H](CCNC(=O)O)CC3)CC2)nc1C. The van der Waals surface area contributed by atoms with Crippen LogP contribution in [0.15, 0.2) is 41.1 Å². The molecule has 0 saturated heterocycles. The van der Waals surface area contributed by atoms with Crippen molar-refractivity contribution in [3.05, 3.63) is 54.0 Å². The Morgan fingerprint density at radius 1 is 0.978 bits per heavy atom. The van der Waals surface area contributed by atoms with Crippen LogP contribution in [0, 0.1) is 24.7 Å². The Labute approximate surface area is 265 Å². The largest absolute Gasteiger partial charge is 0.495 e. The maximum absolute atomic E-state index is 14.3. The summed E-state index contributed by atoms with van der Waals surface area (Å²) in [6, 6.07) is 8.04. The summed E-state index contributed by atoms with van der Waals surface area (Å²) in [6.07, 6.45) is 13.2. The van der Waals surface area contributed by atoms with Crippen molar-refractivity contribution in [2.45, 2.75) is 89.4 Å². The first-order chi connectivity index (χ1) is 21.9. The fourth-order valence-corrected chi connectivity index (χ4v) is 7.17. The second-order valence-corrected chi connectivity index (χ2v) is 13.2. The number of methoxy groups -OCH3 is 1. The highest BCUT2D eigenvalue weighted by atomic mass is 16.5. The van der Waals surface area contributed by atoms with Gasteiger partial charge in [-0.2, -0.15) is 0 Å². The van der Waals surface area contributed by atoms with Crippen molar-refractivity contribution in [3.63, 3.8) is 0 Å². The highest BCUT2D eigenvalue weighted by molar-refractivity contribution is 5.94. The summed E-state index contributed by atoms with van der Waals surface area (Å²) in [7, 11) is 1.68. The van der Waals surface area contributed by atoms with E-state index < -0.39 is 6.09 Å². The summed E-state index contributed by atoms with van der Waals surface area (Å²) in [5, 5.41) is 11.4. The van der Waals surface area contributed by atoms with Crippen molar-refractivity contribution in [3.8, 4) is 17.0 Å². The fraction of sp³-hybridized carbons (Fsp3) is 0.571. The molecule has 3 aliphatic carbocycles. The van der Waals surface area contributed by atoms with Crippen molar-refractivity contribution < 1.29 is 23.8 Å². The zero-order valence-corrected chi connectivity index (χ0v) is 26.4. The number of anilines is 1. The van der Waals surface area contributed by atoms with Crippen molar-refractivity contribution >= 4 is 17.8 Å². The molecule has 3 heterocycles. The van der Waals surface area contributed by atoms with E-state index in [4.69, 9.17) is 29.2 Å². The molecule has 0 aromatic carbocycles. The molecule has 3 fully saturated rings. The number of hydrogen-bond acceptors (Lipinski definition) is 7. The number of aryl methyl sites for hydroxylation is 1. The van der Waals surface area contributed by atoms with Gasteiger partial charge in [0.05, 0.1) is 12.8 Å². The molecule has 3 aromatic heterocycles. The van der Waals surface area contributed by atoms with Crippen LogP contribution in [0.5, 0.6) is 5.75 Å². The Morgan fingerprint density at radius 2 is 1.71 bits per heavy atom. The number of oxazole rings is 1. The molecule has 0 atom stereocenters. The molecule has 0 aliphatic heterocycles. The Kier molecular flexibility index (Phi) is 9.66. The van der Waals surface area contributed by atoms with E-state index in [1.165, 1.54) is 0 Å². The Hall–Kier alpha value is -3.95. The number of hydrogen-bond donors (Lipinski definition) is 2. The summed E-state index contributed by atoms with van der Waals surface area (Å²) in [5.41, 5.74) is 3.74. The Balaban J connectivity index is 1.15. The normalized spacial score (nSPS) is 23.3. The van der Waals surface area contributed by atoms with Gasteiger partial charge in [-0.3, -0.25) is 14.7 Å². The summed E-state index contributed by atoms with van der Waals surface area (Å²) in [4.78, 5) is 41.3. The van der Waals surface area contributed by atoms with E-state index in [0.29, 0.717) is 42.6 Å². The minimum absolute atomic E-state index is 0.0597. The number of ether oxygens (including phenoxy) is 1. The van der Waals surface area contributed by atoms with Crippen LogP contribution in [-0.4, -0.2) is 52.3 Å². The molecule has 3 aromatic rings. The number of amides is 2. The van der Waals surface area contributed by atoms with E-state index in [2.05, 4.69) is 11.4 Å². The first-order valence-electron chi connectivity index (χ1n) is 16.6. The lowest BCUT2D eigenvalue weighted by atomic mass is 9.78. The highest BCUT2D eigenvalue weighted by Crippen LogP contribution is 2.41. The molecule has 45 heavy (non-hydrogen) atoms. The molecule has 0 radical (unpaired) electrons. The van der Waals surface area contributed by atoms with Crippen molar-refractivity contribution in [1.82, 2.24) is 20.3 Å². The molecule has 3 saturated carbocycles. The van der Waals surface area contributed by atoms with E-state index in [1.807, 2.05) is 30.0 Å². The van der Waals surface area contributed by atoms with Gasteiger partial charge in [0.2, 0.25) is 5.91 Å². The van der Waals surface area contributed by atoms with Gasteiger partial charge in [-0.1, -0.05) is 0 Å². The van der Waals surface area contributed by atoms with Crippen LogP contribution < -0.4 is 15.0 Å². The van der Waals surface area contributed by atoms with Gasteiger partial charge in [0.15, 0.2) is 5.89 Å². The molecule has 0 bridgehead atoms. The van der Waals surface area contributed by atoms with E-state index in [-0.39, 0.29) is 11.8 Å². The van der Waals surface area contributed by atoms with Gasteiger partial charge in [0, 0.05) is 48.3 Å². The molecule has 0 spiro atoms. The van der Waals surface area contributed by atoms with Crippen LogP contribution in [0.2, 0.25) is 0 Å². The van der Waals surface area contributed by atoms with Crippen LogP contribution in [0.3, 0.4) is 0 Å². The third-order valence-electron chi connectivity index (χ3n) is 10.0. The standard InChI is InChI=1S/C35H45N5O5/c1-22-31(44-2)14-13-29(38-22)25-7-5-24(6-8-25)20-40(34(41)27-9-3-23(4-10-27)15-17-37-35(42)43)32-19-28(16-18-36-32)30-21-45-33(39-30)26-11-12-26/h13-14,16,18-19,21,23-27,37H,3-12,15,17,20H2,1-2H3,(H,42,43)/t23-,24-,25-,27-. The Morgan fingerprint density at radius 3 is 2.40 bits per heavy atom. The second-order valence-electron chi connectivity index (χ2n) is 13.2. The van der Waals surface area contributed by atoms with Crippen molar-refractivity contribution in [2.75, 3.05) is 25.1 Å². The first kappa shape index (κ1) is 31.0. The van der Waals surface area contributed by atoms with Crippen LogP contribution in [0.25, 0.3) is 11.3 Å². The van der Waals surface area contributed by atoms with Gasteiger partial charge in [-0.25, -0.2) is 14.8 Å². The number of aromatic nitrogens is 3.